The van der Waals surface area contributed by atoms with Crippen LogP contribution in [0.25, 0.3) is 21.8 Å². The SMILES string of the molecule is Cc1cc(S(=O)(=O)Nc2cccc(-c3csc(-c4ccccc4)n3)c2)c(Cl)cc1Cl. The lowest BCUT2D eigenvalue weighted by molar-refractivity contribution is 0.601. The average Bonchev–Trinajstić information content (AvgIpc) is 3.21. The van der Waals surface area contributed by atoms with Crippen molar-refractivity contribution in [1.82, 2.24) is 4.98 Å². The first-order valence-corrected chi connectivity index (χ1v) is 12.1. The van der Waals surface area contributed by atoms with Crippen molar-refractivity contribution in [2.45, 2.75) is 11.8 Å². The van der Waals surface area contributed by atoms with Gasteiger partial charge in [-0.05, 0) is 36.8 Å². The maximum absolute atomic E-state index is 12.9. The van der Waals surface area contributed by atoms with Gasteiger partial charge in [-0.1, -0.05) is 65.7 Å². The Bertz CT molecular complexity index is 1320. The average molecular weight is 475 g/mol. The highest BCUT2D eigenvalue weighted by Crippen LogP contribution is 2.32. The number of halogens is 2. The quantitative estimate of drug-likeness (QED) is 0.342. The van der Waals surface area contributed by atoms with Crippen molar-refractivity contribution in [3.63, 3.8) is 0 Å². The van der Waals surface area contributed by atoms with Gasteiger partial charge in [0.1, 0.15) is 9.90 Å². The summed E-state index contributed by atoms with van der Waals surface area (Å²) in [5, 5.41) is 3.34. The fourth-order valence-electron chi connectivity index (χ4n) is 2.91. The number of aromatic nitrogens is 1. The minimum absolute atomic E-state index is 0.0171. The molecule has 3 aromatic carbocycles. The summed E-state index contributed by atoms with van der Waals surface area (Å²) in [7, 11) is -3.88. The lowest BCUT2D eigenvalue weighted by atomic mass is 10.1. The number of benzene rings is 3. The highest BCUT2D eigenvalue weighted by Gasteiger charge is 2.20. The van der Waals surface area contributed by atoms with Gasteiger partial charge < -0.3 is 0 Å². The third kappa shape index (κ3) is 4.37. The third-order valence-corrected chi connectivity index (χ3v) is 7.58. The van der Waals surface area contributed by atoms with E-state index in [1.807, 2.05) is 41.8 Å². The molecular weight excluding hydrogens is 459 g/mol. The van der Waals surface area contributed by atoms with Crippen LogP contribution in [0.4, 0.5) is 5.69 Å². The van der Waals surface area contributed by atoms with Crippen molar-refractivity contribution in [3.8, 4) is 21.8 Å². The molecular formula is C22H16Cl2N2O2S2. The zero-order valence-corrected chi connectivity index (χ0v) is 18.9. The summed E-state index contributed by atoms with van der Waals surface area (Å²) in [6, 6.07) is 19.9. The second-order valence-electron chi connectivity index (χ2n) is 6.62. The molecule has 0 amide bonds. The van der Waals surface area contributed by atoms with E-state index in [1.54, 1.807) is 25.1 Å². The molecule has 30 heavy (non-hydrogen) atoms. The van der Waals surface area contributed by atoms with Crippen LogP contribution in [-0.4, -0.2) is 13.4 Å². The second kappa shape index (κ2) is 8.40. The van der Waals surface area contributed by atoms with Gasteiger partial charge in [0.05, 0.1) is 10.7 Å². The van der Waals surface area contributed by atoms with Crippen molar-refractivity contribution < 1.29 is 8.42 Å². The number of nitrogens with one attached hydrogen (secondary N) is 1. The predicted octanol–water partition coefficient (Wildman–Crippen LogP) is 6.89. The van der Waals surface area contributed by atoms with Gasteiger partial charge in [0.25, 0.3) is 10.0 Å². The number of thiazole rings is 1. The molecule has 1 heterocycles. The van der Waals surface area contributed by atoms with Gasteiger partial charge in [0, 0.05) is 27.2 Å². The van der Waals surface area contributed by atoms with Crippen molar-refractivity contribution >= 4 is 50.2 Å². The number of hydrogen-bond acceptors (Lipinski definition) is 4. The lowest BCUT2D eigenvalue weighted by Gasteiger charge is -2.12. The van der Waals surface area contributed by atoms with E-state index >= 15 is 0 Å². The summed E-state index contributed by atoms with van der Waals surface area (Å²) in [5.41, 5.74) is 3.68. The van der Waals surface area contributed by atoms with E-state index in [9.17, 15) is 8.42 Å². The Morgan fingerprint density at radius 3 is 2.40 bits per heavy atom. The van der Waals surface area contributed by atoms with Gasteiger partial charge in [-0.25, -0.2) is 13.4 Å². The van der Waals surface area contributed by atoms with Crippen molar-refractivity contribution in [2.75, 3.05) is 4.72 Å². The zero-order valence-electron chi connectivity index (χ0n) is 15.8. The molecule has 4 nitrogen and oxygen atoms in total. The number of aryl methyl sites for hydroxylation is 1. The Morgan fingerprint density at radius 2 is 1.63 bits per heavy atom. The molecule has 4 rings (SSSR count). The Kier molecular flexibility index (Phi) is 5.84. The van der Waals surface area contributed by atoms with Gasteiger partial charge in [0.15, 0.2) is 0 Å². The molecule has 0 aliphatic heterocycles. The highest BCUT2D eigenvalue weighted by molar-refractivity contribution is 7.92. The summed E-state index contributed by atoms with van der Waals surface area (Å²) >= 11 is 13.7. The summed E-state index contributed by atoms with van der Waals surface area (Å²) < 4.78 is 28.3. The minimum Gasteiger partial charge on any atom is -0.280 e. The minimum atomic E-state index is -3.88. The molecule has 1 N–H and O–H groups in total. The number of anilines is 1. The molecule has 4 aromatic rings. The summed E-state index contributed by atoms with van der Waals surface area (Å²) in [5.74, 6) is 0. The van der Waals surface area contributed by atoms with Gasteiger partial charge in [-0.3, -0.25) is 4.72 Å². The first kappa shape index (κ1) is 20.9. The summed E-state index contributed by atoms with van der Waals surface area (Å²) in [4.78, 5) is 4.67. The lowest BCUT2D eigenvalue weighted by Crippen LogP contribution is -2.13. The van der Waals surface area contributed by atoms with E-state index in [2.05, 4.69) is 9.71 Å². The van der Waals surface area contributed by atoms with Crippen molar-refractivity contribution in [1.29, 1.82) is 0 Å². The molecule has 0 bridgehead atoms. The van der Waals surface area contributed by atoms with Crippen LogP contribution in [0.1, 0.15) is 5.56 Å². The van der Waals surface area contributed by atoms with Crippen LogP contribution in [0.2, 0.25) is 10.0 Å². The maximum atomic E-state index is 12.9. The molecule has 0 atom stereocenters. The van der Waals surface area contributed by atoms with Crippen LogP contribution in [0.15, 0.2) is 77.0 Å². The molecule has 0 saturated carbocycles. The fraction of sp³-hybridized carbons (Fsp3) is 0.0455. The van der Waals surface area contributed by atoms with E-state index < -0.39 is 10.0 Å². The molecule has 8 heteroatoms. The highest BCUT2D eigenvalue weighted by atomic mass is 35.5. The Labute approximate surface area is 189 Å². The molecule has 0 fully saturated rings. The maximum Gasteiger partial charge on any atom is 0.263 e. The Hall–Kier alpha value is -2.38. The van der Waals surface area contributed by atoms with Crippen LogP contribution in [0, 0.1) is 6.92 Å². The fourth-order valence-corrected chi connectivity index (χ4v) is 5.63. The predicted molar refractivity (Wildman–Crippen MR) is 125 cm³/mol. The molecule has 0 unspecified atom stereocenters. The Balaban J connectivity index is 1.63. The molecule has 0 aliphatic carbocycles. The second-order valence-corrected chi connectivity index (χ2v) is 9.95. The van der Waals surface area contributed by atoms with E-state index in [1.165, 1.54) is 23.5 Å². The first-order valence-electron chi connectivity index (χ1n) is 8.93. The third-order valence-electron chi connectivity index (χ3n) is 4.44. The zero-order chi connectivity index (χ0) is 21.3. The largest absolute Gasteiger partial charge is 0.280 e. The van der Waals surface area contributed by atoms with Crippen LogP contribution in [0.3, 0.4) is 0 Å². The van der Waals surface area contributed by atoms with Gasteiger partial charge in [-0.15, -0.1) is 11.3 Å². The van der Waals surface area contributed by atoms with Gasteiger partial charge >= 0.3 is 0 Å². The number of sulfonamides is 1. The molecule has 0 aliphatic rings. The standard InChI is InChI=1S/C22H16Cl2N2O2S2/c1-14-10-21(19(24)12-18(14)23)30(27,28)26-17-9-5-8-16(11-17)20-13-29-22(25-20)15-6-3-2-4-7-15/h2-13,26H,1H3. The van der Waals surface area contributed by atoms with Crippen LogP contribution in [-0.2, 0) is 10.0 Å². The monoisotopic (exact) mass is 474 g/mol. The Morgan fingerprint density at radius 1 is 0.900 bits per heavy atom. The first-order chi connectivity index (χ1) is 14.3. The molecule has 1 aromatic heterocycles. The van der Waals surface area contributed by atoms with Crippen molar-refractivity contribution in [2.24, 2.45) is 0 Å². The van der Waals surface area contributed by atoms with Crippen LogP contribution >= 0.6 is 34.5 Å². The van der Waals surface area contributed by atoms with Crippen LogP contribution < -0.4 is 4.72 Å². The molecule has 0 radical (unpaired) electrons. The number of hydrogen-bond donors (Lipinski definition) is 1. The van der Waals surface area contributed by atoms with Crippen molar-refractivity contribution in [3.05, 3.63) is 87.7 Å². The van der Waals surface area contributed by atoms with Gasteiger partial charge in [-0.2, -0.15) is 0 Å². The van der Waals surface area contributed by atoms with Crippen LogP contribution in [0.5, 0.6) is 0 Å². The topological polar surface area (TPSA) is 59.1 Å². The number of nitrogens with zero attached hydrogens (tertiary/aromatic N) is 1. The smallest absolute Gasteiger partial charge is 0.263 e. The summed E-state index contributed by atoms with van der Waals surface area (Å²) in [6.07, 6.45) is 0. The summed E-state index contributed by atoms with van der Waals surface area (Å²) in [6.45, 7) is 1.73. The van der Waals surface area contributed by atoms with E-state index in [-0.39, 0.29) is 9.92 Å². The van der Waals surface area contributed by atoms with Gasteiger partial charge in [0.2, 0.25) is 0 Å². The molecule has 0 spiro atoms. The number of rotatable bonds is 5. The normalized spacial score (nSPS) is 11.4. The van der Waals surface area contributed by atoms with E-state index in [0.29, 0.717) is 16.3 Å². The van der Waals surface area contributed by atoms with E-state index in [0.717, 1.165) is 21.8 Å². The molecule has 152 valence electrons. The van der Waals surface area contributed by atoms with E-state index in [4.69, 9.17) is 23.2 Å². The molecule has 0 saturated heterocycles.